The second kappa shape index (κ2) is 10.2. The summed E-state index contributed by atoms with van der Waals surface area (Å²) in [5, 5.41) is 2.85. The standard InChI is InChI=1S/C24H22N2O10S3/c1-35-39(33,34)36-10-11-38(31,32)15-7-5-6-14(12-15)26-18-13-19(37(2,29)30)22(25)21-20(18)23(27)16-8-3-4-9-17(16)24(21)28/h3-9,12-13,26H,10-11,25H2,1-2H3. The van der Waals surface area contributed by atoms with Crippen molar-refractivity contribution in [3.05, 3.63) is 76.9 Å². The summed E-state index contributed by atoms with van der Waals surface area (Å²) < 4.78 is 81.7. The molecule has 0 amide bonds. The fourth-order valence-corrected chi connectivity index (χ4v) is 6.49. The van der Waals surface area contributed by atoms with Gasteiger partial charge in [0.25, 0.3) is 0 Å². The van der Waals surface area contributed by atoms with Crippen LogP contribution in [0.15, 0.2) is 64.4 Å². The van der Waals surface area contributed by atoms with Crippen LogP contribution < -0.4 is 11.1 Å². The number of hydrogen-bond donors (Lipinski definition) is 2. The van der Waals surface area contributed by atoms with Crippen molar-refractivity contribution in [2.24, 2.45) is 0 Å². The van der Waals surface area contributed by atoms with E-state index in [1.807, 2.05) is 0 Å². The molecule has 1 aliphatic carbocycles. The van der Waals surface area contributed by atoms with E-state index in [1.165, 1.54) is 36.4 Å². The van der Waals surface area contributed by atoms with Gasteiger partial charge in [0.1, 0.15) is 0 Å². The van der Waals surface area contributed by atoms with Crippen molar-refractivity contribution in [3.8, 4) is 0 Å². The molecule has 12 nitrogen and oxygen atoms in total. The summed E-state index contributed by atoms with van der Waals surface area (Å²) in [5.41, 5.74) is 5.55. The number of carbonyl (C=O) groups is 2. The molecule has 0 heterocycles. The minimum atomic E-state index is -4.33. The number of hydrogen-bond acceptors (Lipinski definition) is 12. The lowest BCUT2D eigenvalue weighted by Gasteiger charge is -2.24. The first-order valence-corrected chi connectivity index (χ1v) is 15.9. The molecule has 3 aromatic carbocycles. The zero-order valence-corrected chi connectivity index (χ0v) is 22.9. The van der Waals surface area contributed by atoms with E-state index in [2.05, 4.69) is 13.7 Å². The van der Waals surface area contributed by atoms with Crippen LogP contribution in [0.3, 0.4) is 0 Å². The summed E-state index contributed by atoms with van der Waals surface area (Å²) in [6, 6.07) is 12.5. The molecule has 39 heavy (non-hydrogen) atoms. The summed E-state index contributed by atoms with van der Waals surface area (Å²) >= 11 is 0. The molecule has 3 N–H and O–H groups in total. The number of nitrogen functional groups attached to an aromatic ring is 1. The molecule has 0 fully saturated rings. The van der Waals surface area contributed by atoms with Gasteiger partial charge in [0.15, 0.2) is 31.2 Å². The third-order valence-electron chi connectivity index (χ3n) is 5.86. The zero-order valence-electron chi connectivity index (χ0n) is 20.5. The van der Waals surface area contributed by atoms with Crippen LogP contribution in [0.1, 0.15) is 31.8 Å². The number of fused-ring (bicyclic) bond motifs is 2. The van der Waals surface area contributed by atoms with Gasteiger partial charge in [-0.05, 0) is 24.3 Å². The van der Waals surface area contributed by atoms with E-state index in [0.717, 1.165) is 19.4 Å². The molecule has 0 unspecified atom stereocenters. The molecular formula is C24H22N2O10S3. The van der Waals surface area contributed by atoms with Gasteiger partial charge in [0, 0.05) is 23.1 Å². The number of benzene rings is 3. The summed E-state index contributed by atoms with van der Waals surface area (Å²) in [6.45, 7) is -0.699. The lowest BCUT2D eigenvalue weighted by Crippen LogP contribution is -2.25. The molecule has 0 aliphatic heterocycles. The molecule has 1 aliphatic rings. The number of anilines is 3. The Labute approximate surface area is 224 Å². The van der Waals surface area contributed by atoms with Gasteiger partial charge in [-0.15, -0.1) is 0 Å². The van der Waals surface area contributed by atoms with Gasteiger partial charge < -0.3 is 11.1 Å². The van der Waals surface area contributed by atoms with Crippen LogP contribution in [0.25, 0.3) is 0 Å². The summed E-state index contributed by atoms with van der Waals surface area (Å²) in [6.07, 6.45) is 0.900. The molecule has 3 aromatic rings. The third-order valence-corrected chi connectivity index (χ3v) is 9.53. The smallest absolute Gasteiger partial charge is 0.397 e. The lowest BCUT2D eigenvalue weighted by molar-refractivity contribution is 0.0980. The highest BCUT2D eigenvalue weighted by molar-refractivity contribution is 7.91. The van der Waals surface area contributed by atoms with Crippen molar-refractivity contribution in [2.45, 2.75) is 9.79 Å². The topological polar surface area (TPSA) is 193 Å². The monoisotopic (exact) mass is 594 g/mol. The Bertz CT molecular complexity index is 1850. The maximum absolute atomic E-state index is 13.5. The van der Waals surface area contributed by atoms with Crippen LogP contribution in [0.4, 0.5) is 17.1 Å². The van der Waals surface area contributed by atoms with Crippen molar-refractivity contribution in [3.63, 3.8) is 0 Å². The summed E-state index contributed by atoms with van der Waals surface area (Å²) in [7, 11) is -11.5. The Morgan fingerprint density at radius 2 is 1.46 bits per heavy atom. The third kappa shape index (κ3) is 5.58. The number of carbonyl (C=O) groups excluding carboxylic acids is 2. The van der Waals surface area contributed by atoms with Crippen molar-refractivity contribution < 1.29 is 43.2 Å². The largest absolute Gasteiger partial charge is 0.399 e. The van der Waals surface area contributed by atoms with Crippen LogP contribution in [-0.2, 0) is 38.4 Å². The highest BCUT2D eigenvalue weighted by Gasteiger charge is 2.36. The molecule has 0 saturated heterocycles. The normalized spacial score (nSPS) is 13.6. The molecule has 206 valence electrons. The maximum atomic E-state index is 13.5. The van der Waals surface area contributed by atoms with E-state index < -0.39 is 54.0 Å². The quantitative estimate of drug-likeness (QED) is 0.268. The number of ketones is 2. The molecule has 0 radical (unpaired) electrons. The molecule has 4 rings (SSSR count). The highest BCUT2D eigenvalue weighted by Crippen LogP contribution is 2.40. The fourth-order valence-electron chi connectivity index (χ4n) is 4.03. The van der Waals surface area contributed by atoms with Gasteiger partial charge in [-0.1, -0.05) is 30.3 Å². The minimum Gasteiger partial charge on any atom is -0.397 e. The number of nitrogens with two attached hydrogens (primary N) is 1. The van der Waals surface area contributed by atoms with Crippen LogP contribution in [0.2, 0.25) is 0 Å². The predicted octanol–water partition coefficient (Wildman–Crippen LogP) is 1.87. The van der Waals surface area contributed by atoms with E-state index in [9.17, 15) is 34.8 Å². The molecule has 0 spiro atoms. The molecular weight excluding hydrogens is 572 g/mol. The first-order valence-electron chi connectivity index (χ1n) is 11.1. The van der Waals surface area contributed by atoms with Crippen molar-refractivity contribution >= 4 is 58.7 Å². The lowest BCUT2D eigenvalue weighted by atomic mass is 9.82. The van der Waals surface area contributed by atoms with E-state index in [-0.39, 0.29) is 49.1 Å². The number of nitrogens with one attached hydrogen (secondary N) is 1. The van der Waals surface area contributed by atoms with E-state index >= 15 is 0 Å². The number of sulfone groups is 2. The molecule has 15 heteroatoms. The van der Waals surface area contributed by atoms with Gasteiger partial charge in [0.2, 0.25) is 0 Å². The fraction of sp³-hybridized carbons (Fsp3) is 0.167. The van der Waals surface area contributed by atoms with Crippen LogP contribution in [-0.4, -0.2) is 62.5 Å². The Balaban J connectivity index is 1.79. The molecule has 0 aromatic heterocycles. The zero-order chi connectivity index (χ0) is 28.8. The summed E-state index contributed by atoms with van der Waals surface area (Å²) in [5.74, 6) is -1.90. The Kier molecular flexibility index (Phi) is 7.39. The van der Waals surface area contributed by atoms with Crippen molar-refractivity contribution in [1.82, 2.24) is 0 Å². The second-order valence-corrected chi connectivity index (χ2v) is 13.9. The highest BCUT2D eigenvalue weighted by atomic mass is 32.3. The first-order chi connectivity index (χ1) is 18.2. The van der Waals surface area contributed by atoms with Crippen molar-refractivity contribution in [1.29, 1.82) is 0 Å². The Morgan fingerprint density at radius 1 is 0.846 bits per heavy atom. The van der Waals surface area contributed by atoms with E-state index in [1.54, 1.807) is 12.1 Å². The predicted molar refractivity (Wildman–Crippen MR) is 141 cm³/mol. The van der Waals surface area contributed by atoms with Crippen molar-refractivity contribution in [2.75, 3.05) is 36.8 Å². The van der Waals surface area contributed by atoms with Gasteiger partial charge >= 0.3 is 10.4 Å². The first kappa shape index (κ1) is 28.4. The Morgan fingerprint density at radius 3 is 2.05 bits per heavy atom. The minimum absolute atomic E-state index is 0.0726. The van der Waals surface area contributed by atoms with Crippen LogP contribution in [0, 0.1) is 0 Å². The maximum Gasteiger partial charge on any atom is 0.399 e. The SMILES string of the molecule is COS(=O)(=O)OCCS(=O)(=O)c1cccc(Nc2cc(S(C)(=O)=O)c(N)c3c2C(=O)c2ccccc2C3=O)c1. The van der Waals surface area contributed by atoms with E-state index in [0.29, 0.717) is 0 Å². The number of rotatable bonds is 9. The van der Waals surface area contributed by atoms with Gasteiger partial charge in [-0.25, -0.2) is 21.0 Å². The molecule has 0 atom stereocenters. The average molecular weight is 595 g/mol. The Hall–Kier alpha value is -3.63. The second-order valence-electron chi connectivity index (χ2n) is 8.43. The van der Waals surface area contributed by atoms with E-state index in [4.69, 9.17) is 5.73 Å². The molecule has 0 saturated carbocycles. The van der Waals surface area contributed by atoms with Gasteiger partial charge in [-0.3, -0.25) is 13.8 Å². The molecule has 0 bridgehead atoms. The van der Waals surface area contributed by atoms with Gasteiger partial charge in [0.05, 0.1) is 51.8 Å². The summed E-state index contributed by atoms with van der Waals surface area (Å²) in [4.78, 5) is 26.2. The van der Waals surface area contributed by atoms with Crippen LogP contribution in [0.5, 0.6) is 0 Å². The van der Waals surface area contributed by atoms with Crippen LogP contribution >= 0.6 is 0 Å². The average Bonchev–Trinajstić information content (AvgIpc) is 2.87. The van der Waals surface area contributed by atoms with Gasteiger partial charge in [-0.2, -0.15) is 8.42 Å².